The van der Waals surface area contributed by atoms with E-state index in [0.29, 0.717) is 18.0 Å². The van der Waals surface area contributed by atoms with E-state index in [1.165, 1.54) is 11.8 Å². The van der Waals surface area contributed by atoms with E-state index >= 15 is 0 Å². The van der Waals surface area contributed by atoms with Gasteiger partial charge in [-0.1, -0.05) is 30.3 Å². The van der Waals surface area contributed by atoms with Gasteiger partial charge in [0.2, 0.25) is 0 Å². The van der Waals surface area contributed by atoms with E-state index in [9.17, 15) is 5.11 Å². The summed E-state index contributed by atoms with van der Waals surface area (Å²) >= 11 is 1.53. The summed E-state index contributed by atoms with van der Waals surface area (Å²) < 4.78 is 0. The van der Waals surface area contributed by atoms with E-state index in [1.807, 2.05) is 36.4 Å². The number of hydrogen-bond donors (Lipinski definition) is 3. The number of pyridine rings is 1. The maximum absolute atomic E-state index is 10.1. The molecule has 2 unspecified atom stereocenters. The van der Waals surface area contributed by atoms with Gasteiger partial charge in [0.25, 0.3) is 0 Å². The Balaban J connectivity index is 1.82. The maximum Gasteiger partial charge on any atom is 0.123 e. The van der Waals surface area contributed by atoms with Gasteiger partial charge in [-0.25, -0.2) is 4.98 Å². The molecule has 1 heterocycles. The first-order valence-electron chi connectivity index (χ1n) is 6.47. The first kappa shape index (κ1) is 14.8. The number of nitrogen functional groups attached to an aromatic ring is 1. The highest BCUT2D eigenvalue weighted by molar-refractivity contribution is 7.99. The summed E-state index contributed by atoms with van der Waals surface area (Å²) in [6.45, 7) is 0. The second-order valence-corrected chi connectivity index (χ2v) is 5.74. The number of nitrogens with zero attached hydrogens (tertiary/aromatic N) is 1. The Morgan fingerprint density at radius 1 is 1.15 bits per heavy atom. The van der Waals surface area contributed by atoms with Gasteiger partial charge in [0.15, 0.2) is 0 Å². The fourth-order valence-corrected chi connectivity index (χ4v) is 2.71. The zero-order chi connectivity index (χ0) is 14.4. The smallest absolute Gasteiger partial charge is 0.123 e. The van der Waals surface area contributed by atoms with Gasteiger partial charge in [-0.05, 0) is 24.1 Å². The fourth-order valence-electron chi connectivity index (χ4n) is 1.80. The molecule has 0 aliphatic carbocycles. The van der Waals surface area contributed by atoms with E-state index in [0.717, 1.165) is 10.5 Å². The largest absolute Gasteiger partial charge is 0.391 e. The highest BCUT2D eigenvalue weighted by Gasteiger charge is 2.15. The number of rotatable bonds is 6. The van der Waals surface area contributed by atoms with Crippen molar-refractivity contribution in [3.05, 3.63) is 54.2 Å². The Bertz CT molecular complexity index is 518. The normalized spacial score (nSPS) is 13.9. The van der Waals surface area contributed by atoms with E-state index in [1.54, 1.807) is 12.3 Å². The Morgan fingerprint density at radius 2 is 1.90 bits per heavy atom. The van der Waals surface area contributed by atoms with Crippen LogP contribution < -0.4 is 11.5 Å². The molecule has 2 atom stereocenters. The topological polar surface area (TPSA) is 85.2 Å². The van der Waals surface area contributed by atoms with Crippen molar-refractivity contribution in [3.8, 4) is 0 Å². The van der Waals surface area contributed by atoms with Gasteiger partial charge in [0, 0.05) is 22.9 Å². The molecule has 2 rings (SSSR count). The summed E-state index contributed by atoms with van der Waals surface area (Å²) in [5, 5.41) is 10.1. The minimum absolute atomic E-state index is 0.272. The number of aliphatic hydroxyl groups is 1. The molecule has 20 heavy (non-hydrogen) atoms. The van der Waals surface area contributed by atoms with Crippen LogP contribution in [0.15, 0.2) is 53.6 Å². The van der Waals surface area contributed by atoms with Crippen molar-refractivity contribution in [1.82, 2.24) is 4.98 Å². The van der Waals surface area contributed by atoms with Crippen LogP contribution in [0.4, 0.5) is 5.82 Å². The van der Waals surface area contributed by atoms with Crippen molar-refractivity contribution < 1.29 is 5.11 Å². The third-order valence-corrected chi connectivity index (χ3v) is 4.07. The molecule has 0 saturated carbocycles. The molecule has 5 N–H and O–H groups in total. The molecule has 4 nitrogen and oxygen atoms in total. The number of benzene rings is 1. The summed E-state index contributed by atoms with van der Waals surface area (Å²) in [6.07, 6.45) is 1.82. The third-order valence-electron chi connectivity index (χ3n) is 2.99. The molecule has 0 saturated heterocycles. The lowest BCUT2D eigenvalue weighted by atomic mass is 10.0. The zero-order valence-electron chi connectivity index (χ0n) is 11.1. The fraction of sp³-hybridized carbons (Fsp3) is 0.267. The van der Waals surface area contributed by atoms with Gasteiger partial charge >= 0.3 is 0 Å². The van der Waals surface area contributed by atoms with E-state index in [-0.39, 0.29) is 6.04 Å². The number of nitrogens with two attached hydrogens (primary N) is 2. The average Bonchev–Trinajstić information content (AvgIpc) is 2.47. The predicted octanol–water partition coefficient (Wildman–Crippen LogP) is 1.69. The number of aliphatic hydroxyl groups excluding tert-OH is 1. The minimum atomic E-state index is -0.558. The molecule has 5 heteroatoms. The van der Waals surface area contributed by atoms with Crippen LogP contribution in [-0.4, -0.2) is 28.0 Å². The van der Waals surface area contributed by atoms with Crippen molar-refractivity contribution in [2.24, 2.45) is 5.73 Å². The van der Waals surface area contributed by atoms with Gasteiger partial charge in [-0.15, -0.1) is 11.8 Å². The van der Waals surface area contributed by atoms with Crippen LogP contribution >= 0.6 is 11.8 Å². The average molecular weight is 289 g/mol. The lowest BCUT2D eigenvalue weighted by Crippen LogP contribution is -2.38. The molecule has 0 aliphatic rings. The molecule has 0 bridgehead atoms. The van der Waals surface area contributed by atoms with Crippen LogP contribution in [0.3, 0.4) is 0 Å². The Morgan fingerprint density at radius 3 is 2.55 bits per heavy atom. The second-order valence-electron chi connectivity index (χ2n) is 4.65. The maximum atomic E-state index is 10.1. The molecule has 0 aliphatic heterocycles. The minimum Gasteiger partial charge on any atom is -0.391 e. The molecule has 0 radical (unpaired) electrons. The number of aromatic nitrogens is 1. The molecule has 106 valence electrons. The molecule has 2 aromatic rings. The van der Waals surface area contributed by atoms with Crippen LogP contribution in [0.25, 0.3) is 0 Å². The van der Waals surface area contributed by atoms with Crippen LogP contribution in [0.2, 0.25) is 0 Å². The van der Waals surface area contributed by atoms with Crippen molar-refractivity contribution in [1.29, 1.82) is 0 Å². The predicted molar refractivity (Wildman–Crippen MR) is 83.5 cm³/mol. The summed E-state index contributed by atoms with van der Waals surface area (Å²) in [7, 11) is 0. The standard InChI is InChI=1S/C15H19N3OS/c16-13(8-11-4-2-1-3-5-11)14(19)10-20-12-6-7-15(17)18-9-12/h1-7,9,13-14,19H,8,10,16H2,(H2,17,18). The van der Waals surface area contributed by atoms with Gasteiger partial charge in [-0.3, -0.25) is 0 Å². The Labute approximate surface area is 123 Å². The lowest BCUT2D eigenvalue weighted by molar-refractivity contribution is 0.167. The number of hydrogen-bond acceptors (Lipinski definition) is 5. The van der Waals surface area contributed by atoms with Crippen LogP contribution in [0.1, 0.15) is 5.56 Å². The Kier molecular flexibility index (Phi) is 5.40. The van der Waals surface area contributed by atoms with Gasteiger partial charge < -0.3 is 16.6 Å². The van der Waals surface area contributed by atoms with E-state index < -0.39 is 6.10 Å². The van der Waals surface area contributed by atoms with Crippen molar-refractivity contribution in [3.63, 3.8) is 0 Å². The lowest BCUT2D eigenvalue weighted by Gasteiger charge is -2.18. The van der Waals surface area contributed by atoms with Crippen molar-refractivity contribution >= 4 is 17.6 Å². The van der Waals surface area contributed by atoms with Gasteiger partial charge in [0.1, 0.15) is 5.82 Å². The molecule has 0 spiro atoms. The zero-order valence-corrected chi connectivity index (χ0v) is 12.0. The van der Waals surface area contributed by atoms with Crippen LogP contribution in [-0.2, 0) is 6.42 Å². The summed E-state index contributed by atoms with van der Waals surface area (Å²) in [5.74, 6) is 1.04. The van der Waals surface area contributed by atoms with Crippen molar-refractivity contribution in [2.75, 3.05) is 11.5 Å². The summed E-state index contributed by atoms with van der Waals surface area (Å²) in [6, 6.07) is 13.3. The molecular weight excluding hydrogens is 270 g/mol. The van der Waals surface area contributed by atoms with Crippen molar-refractivity contribution in [2.45, 2.75) is 23.5 Å². The third kappa shape index (κ3) is 4.52. The second kappa shape index (κ2) is 7.28. The van der Waals surface area contributed by atoms with E-state index in [4.69, 9.17) is 11.5 Å². The first-order chi connectivity index (χ1) is 9.65. The highest BCUT2D eigenvalue weighted by atomic mass is 32.2. The van der Waals surface area contributed by atoms with Gasteiger partial charge in [0.05, 0.1) is 6.10 Å². The molecule has 0 fully saturated rings. The first-order valence-corrected chi connectivity index (χ1v) is 7.45. The van der Waals surface area contributed by atoms with Crippen LogP contribution in [0, 0.1) is 0 Å². The summed E-state index contributed by atoms with van der Waals surface area (Å²) in [5.41, 5.74) is 12.7. The monoisotopic (exact) mass is 289 g/mol. The van der Waals surface area contributed by atoms with Gasteiger partial charge in [-0.2, -0.15) is 0 Å². The highest BCUT2D eigenvalue weighted by Crippen LogP contribution is 2.19. The number of thioether (sulfide) groups is 1. The Hall–Kier alpha value is -1.56. The molecular formula is C15H19N3OS. The molecule has 1 aromatic heterocycles. The quantitative estimate of drug-likeness (QED) is 0.705. The SMILES string of the molecule is Nc1ccc(SCC(O)C(N)Cc2ccccc2)cn1. The van der Waals surface area contributed by atoms with E-state index in [2.05, 4.69) is 4.98 Å². The molecule has 0 amide bonds. The summed E-state index contributed by atoms with van der Waals surface area (Å²) in [4.78, 5) is 4.99. The van der Waals surface area contributed by atoms with Crippen LogP contribution in [0.5, 0.6) is 0 Å². The number of anilines is 1. The molecule has 1 aromatic carbocycles.